The number of carbonyl (C=O) groups is 6. The standard InChI is InChI=1S/C54H47N5O8/c1-29-26-30(2)47(31(3)27-29)59-54(67)42(32(4)55-59)46-48(61)45(49(46)62)36-21-20-35(28-41(36)60)56(23-11-25-58-52(65)39-18-9-14-34-15-10-19-40(44(34)39)53(58)66)22-5-6-24-57-50(63)37-16-7-12-33-13-8-17-38(43(33)37)51(57)64/h7-10,12-21,26-27,41,60-61H,5-6,11,22-25,28H2,1-4H3. The molecule has 13 nitrogen and oxygen atoms in total. The molecule has 0 radical (unpaired) electrons. The second-order valence-corrected chi connectivity index (χ2v) is 17.8. The normalized spacial score (nSPS) is 19.2. The Hall–Kier alpha value is -7.77. The predicted molar refractivity (Wildman–Crippen MR) is 254 cm³/mol. The van der Waals surface area contributed by atoms with Crippen molar-refractivity contribution in [2.45, 2.75) is 59.5 Å². The summed E-state index contributed by atoms with van der Waals surface area (Å²) in [6.45, 7) is 8.49. The van der Waals surface area contributed by atoms with Crippen LogP contribution in [0.1, 0.15) is 90.7 Å². The average Bonchev–Trinajstić information content (AvgIpc) is 3.58. The minimum Gasteiger partial charge on any atom is -0.506 e. The zero-order valence-corrected chi connectivity index (χ0v) is 37.6. The molecule has 1 unspecified atom stereocenters. The van der Waals surface area contributed by atoms with Gasteiger partial charge in [0, 0.05) is 71.3 Å². The minimum atomic E-state index is -1.20. The number of benzene rings is 5. The molecule has 13 heteroatoms. The van der Waals surface area contributed by atoms with Gasteiger partial charge in [0.1, 0.15) is 5.76 Å². The molecule has 5 aromatic rings. The number of ketones is 1. The number of amides is 5. The molecule has 2 N–H and O–H groups in total. The van der Waals surface area contributed by atoms with E-state index in [1.807, 2.05) is 74.2 Å². The lowest BCUT2D eigenvalue weighted by Gasteiger charge is -2.34. The third kappa shape index (κ3) is 7.00. The van der Waals surface area contributed by atoms with E-state index in [1.54, 1.807) is 55.5 Å². The monoisotopic (exact) mass is 893 g/mol. The lowest BCUT2D eigenvalue weighted by atomic mass is 9.76. The Balaban J connectivity index is 0.888. The van der Waals surface area contributed by atoms with E-state index in [1.165, 1.54) is 14.8 Å². The van der Waals surface area contributed by atoms with Crippen LogP contribution >= 0.6 is 0 Å². The third-order valence-electron chi connectivity index (χ3n) is 13.5. The zero-order valence-electron chi connectivity index (χ0n) is 37.6. The Morgan fingerprint density at radius 3 is 1.60 bits per heavy atom. The summed E-state index contributed by atoms with van der Waals surface area (Å²) in [7, 11) is 0. The number of hydrazone groups is 1. The van der Waals surface area contributed by atoms with E-state index in [-0.39, 0.29) is 71.2 Å². The first kappa shape index (κ1) is 43.1. The van der Waals surface area contributed by atoms with Crippen LogP contribution in [0, 0.1) is 20.8 Å². The molecule has 0 fully saturated rings. The number of Topliss-reactive ketones (excluding diaryl/α,β-unsaturated/α-hetero) is 1. The number of nitrogens with zero attached hydrogens (tertiary/aromatic N) is 5. The second kappa shape index (κ2) is 16.6. The summed E-state index contributed by atoms with van der Waals surface area (Å²) in [5.41, 5.74) is 6.28. The highest BCUT2D eigenvalue weighted by Crippen LogP contribution is 2.42. The molecule has 0 aromatic heterocycles. The predicted octanol–water partition coefficient (Wildman–Crippen LogP) is 7.97. The molecule has 2 aliphatic carbocycles. The van der Waals surface area contributed by atoms with Crippen LogP contribution in [0.15, 0.2) is 136 Å². The summed E-state index contributed by atoms with van der Waals surface area (Å²) in [5.74, 6) is -2.89. The Morgan fingerprint density at radius 1 is 0.612 bits per heavy atom. The van der Waals surface area contributed by atoms with Crippen molar-refractivity contribution in [1.82, 2.24) is 14.7 Å². The number of allylic oxidation sites excluding steroid dienone is 3. The van der Waals surface area contributed by atoms with Gasteiger partial charge in [-0.3, -0.25) is 38.6 Å². The summed E-state index contributed by atoms with van der Waals surface area (Å²) >= 11 is 0. The van der Waals surface area contributed by atoms with Gasteiger partial charge >= 0.3 is 0 Å². The van der Waals surface area contributed by atoms with Crippen LogP contribution in [0.5, 0.6) is 0 Å². The van der Waals surface area contributed by atoms with Gasteiger partial charge in [-0.1, -0.05) is 72.3 Å². The van der Waals surface area contributed by atoms with Crippen molar-refractivity contribution >= 4 is 68.3 Å². The van der Waals surface area contributed by atoms with Gasteiger partial charge in [0.05, 0.1) is 34.2 Å². The molecule has 3 heterocycles. The van der Waals surface area contributed by atoms with Gasteiger partial charge in [0.2, 0.25) is 5.78 Å². The second-order valence-electron chi connectivity index (χ2n) is 17.8. The summed E-state index contributed by atoms with van der Waals surface area (Å²) in [6, 6.07) is 25.6. The molecule has 3 aliphatic heterocycles. The summed E-state index contributed by atoms with van der Waals surface area (Å²) in [4.78, 5) is 87.1. The van der Waals surface area contributed by atoms with Crippen molar-refractivity contribution in [3.63, 3.8) is 0 Å². The van der Waals surface area contributed by atoms with Gasteiger partial charge in [-0.05, 0) is 105 Å². The first-order chi connectivity index (χ1) is 32.2. The molecule has 0 bridgehead atoms. The van der Waals surface area contributed by atoms with Crippen molar-refractivity contribution in [2.75, 3.05) is 31.2 Å². The van der Waals surface area contributed by atoms with Crippen molar-refractivity contribution in [3.05, 3.63) is 170 Å². The molecular formula is C54H47N5O8. The van der Waals surface area contributed by atoms with Gasteiger partial charge in [-0.15, -0.1) is 0 Å². The summed E-state index contributed by atoms with van der Waals surface area (Å²) in [5, 5.41) is 31.8. The number of rotatable bonds is 12. The number of hydrogen-bond acceptors (Lipinski definition) is 10. The summed E-state index contributed by atoms with van der Waals surface area (Å²) < 4.78 is 0. The highest BCUT2D eigenvalue weighted by Gasteiger charge is 2.45. The number of anilines is 1. The largest absolute Gasteiger partial charge is 0.506 e. The van der Waals surface area contributed by atoms with Gasteiger partial charge in [0.15, 0.2) is 0 Å². The van der Waals surface area contributed by atoms with Gasteiger partial charge in [-0.25, -0.2) is 0 Å². The fraction of sp³-hybridized carbons (Fsp3) is 0.241. The Morgan fingerprint density at radius 2 is 1.10 bits per heavy atom. The maximum Gasteiger partial charge on any atom is 0.281 e. The first-order valence-corrected chi connectivity index (χ1v) is 22.6. The van der Waals surface area contributed by atoms with E-state index in [0.717, 1.165) is 27.5 Å². The average molecular weight is 894 g/mol. The van der Waals surface area contributed by atoms with E-state index in [2.05, 4.69) is 5.10 Å². The van der Waals surface area contributed by atoms with Crippen LogP contribution in [0.25, 0.3) is 21.5 Å². The van der Waals surface area contributed by atoms with Crippen LogP contribution in [-0.2, 0) is 9.59 Å². The third-order valence-corrected chi connectivity index (χ3v) is 13.5. The number of imide groups is 2. The van der Waals surface area contributed by atoms with E-state index in [9.17, 15) is 39.0 Å². The van der Waals surface area contributed by atoms with Gasteiger partial charge < -0.3 is 15.1 Å². The Bertz CT molecular complexity index is 3140. The quantitative estimate of drug-likeness (QED) is 0.0717. The maximum atomic E-state index is 13.9. The van der Waals surface area contributed by atoms with Crippen LogP contribution in [0.2, 0.25) is 0 Å². The lowest BCUT2D eigenvalue weighted by Crippen LogP contribution is -2.42. The van der Waals surface area contributed by atoms with E-state index < -0.39 is 17.8 Å². The molecule has 1 atom stereocenters. The van der Waals surface area contributed by atoms with Gasteiger partial charge in [0.25, 0.3) is 29.5 Å². The highest BCUT2D eigenvalue weighted by atomic mass is 16.3. The SMILES string of the molecule is CC1=NN(c2c(C)cc(C)cc2C)C(=O)C1=C1C(=O)C(C2=CC=C(N(CCCCN3C(=O)c4cccc5cccc(c45)C3=O)CCCN3C(=O)c4cccc5cccc(c45)C3=O)CC2O)=C1O. The van der Waals surface area contributed by atoms with Crippen molar-refractivity contribution in [1.29, 1.82) is 0 Å². The Kier molecular flexibility index (Phi) is 10.7. The molecule has 10 rings (SSSR count). The number of aliphatic hydroxyl groups excluding tert-OH is 2. The van der Waals surface area contributed by atoms with E-state index in [0.29, 0.717) is 82.5 Å². The van der Waals surface area contributed by atoms with Crippen molar-refractivity contribution in [3.8, 4) is 0 Å². The first-order valence-electron chi connectivity index (χ1n) is 22.6. The maximum absolute atomic E-state index is 13.9. The number of carbonyl (C=O) groups excluding carboxylic acids is 6. The molecule has 5 amide bonds. The molecule has 5 aromatic carbocycles. The van der Waals surface area contributed by atoms with E-state index in [4.69, 9.17) is 0 Å². The lowest BCUT2D eigenvalue weighted by molar-refractivity contribution is -0.116. The molecule has 336 valence electrons. The fourth-order valence-corrected chi connectivity index (χ4v) is 10.5. The minimum absolute atomic E-state index is 0.0130. The number of hydrogen-bond donors (Lipinski definition) is 2. The molecular weight excluding hydrogens is 847 g/mol. The molecule has 5 aliphatic rings. The van der Waals surface area contributed by atoms with E-state index >= 15 is 0 Å². The van der Waals surface area contributed by atoms with Crippen molar-refractivity contribution < 1.29 is 39.0 Å². The molecule has 0 spiro atoms. The highest BCUT2D eigenvalue weighted by molar-refractivity contribution is 6.37. The van der Waals surface area contributed by atoms with Crippen molar-refractivity contribution in [2.24, 2.45) is 5.10 Å². The summed E-state index contributed by atoms with van der Waals surface area (Å²) in [6.07, 6.45) is 3.65. The molecule has 67 heavy (non-hydrogen) atoms. The fourth-order valence-electron chi connectivity index (χ4n) is 10.5. The number of aryl methyl sites for hydroxylation is 3. The Labute approximate surface area is 386 Å². The molecule has 0 saturated carbocycles. The van der Waals surface area contributed by atoms with Crippen LogP contribution in [-0.4, -0.2) is 98.2 Å². The zero-order chi connectivity index (χ0) is 47.0. The van der Waals surface area contributed by atoms with Gasteiger partial charge in [-0.2, -0.15) is 10.1 Å². The molecule has 0 saturated heterocycles. The number of unbranched alkanes of at least 4 members (excludes halogenated alkanes) is 1. The number of aliphatic hydroxyl groups is 2. The van der Waals surface area contributed by atoms with Crippen LogP contribution in [0.3, 0.4) is 0 Å². The van der Waals surface area contributed by atoms with Crippen LogP contribution < -0.4 is 5.01 Å². The smallest absolute Gasteiger partial charge is 0.281 e. The van der Waals surface area contributed by atoms with Crippen LogP contribution in [0.4, 0.5) is 5.69 Å². The topological polar surface area (TPSA) is 168 Å².